The molecule has 0 N–H and O–H groups in total. The molecule has 1 amide bonds. The molecule has 4 aromatic rings. The van der Waals surface area contributed by atoms with Crippen molar-refractivity contribution in [1.82, 2.24) is 9.47 Å². The fourth-order valence-corrected chi connectivity index (χ4v) is 5.07. The number of methoxy groups -OCH3 is 3. The monoisotopic (exact) mass is 511 g/mol. The van der Waals surface area contributed by atoms with Crippen molar-refractivity contribution in [3.8, 4) is 34.2 Å². The van der Waals surface area contributed by atoms with Gasteiger partial charge in [0.15, 0.2) is 11.5 Å². The van der Waals surface area contributed by atoms with Crippen molar-refractivity contribution in [1.29, 1.82) is 0 Å². The van der Waals surface area contributed by atoms with Crippen molar-refractivity contribution >= 4 is 11.6 Å². The average molecular weight is 512 g/mol. The number of amides is 1. The molecule has 7 nitrogen and oxygen atoms in total. The Balaban J connectivity index is 1.45. The maximum atomic E-state index is 13.8. The maximum Gasteiger partial charge on any atom is 0.255 e. The highest BCUT2D eigenvalue weighted by atomic mass is 16.5. The molecule has 38 heavy (non-hydrogen) atoms. The molecular formula is C31H33N3O4. The van der Waals surface area contributed by atoms with E-state index in [1.807, 2.05) is 66.4 Å². The van der Waals surface area contributed by atoms with Crippen molar-refractivity contribution in [3.63, 3.8) is 0 Å². The van der Waals surface area contributed by atoms with Gasteiger partial charge in [-0.3, -0.25) is 4.79 Å². The van der Waals surface area contributed by atoms with Gasteiger partial charge in [0.1, 0.15) is 5.75 Å². The van der Waals surface area contributed by atoms with Crippen LogP contribution in [0.1, 0.15) is 16.1 Å². The van der Waals surface area contributed by atoms with E-state index in [1.54, 1.807) is 21.3 Å². The summed E-state index contributed by atoms with van der Waals surface area (Å²) in [6.45, 7) is 4.88. The predicted octanol–water partition coefficient (Wildman–Crippen LogP) is 5.44. The Morgan fingerprint density at radius 1 is 0.711 bits per heavy atom. The highest BCUT2D eigenvalue weighted by molar-refractivity contribution is 5.97. The topological polar surface area (TPSA) is 56.2 Å². The number of piperazine rings is 1. The zero-order valence-electron chi connectivity index (χ0n) is 22.3. The zero-order chi connectivity index (χ0) is 26.6. The smallest absolute Gasteiger partial charge is 0.255 e. The van der Waals surface area contributed by atoms with Crippen LogP contribution in [0.3, 0.4) is 0 Å². The minimum Gasteiger partial charge on any atom is -0.497 e. The summed E-state index contributed by atoms with van der Waals surface area (Å²) in [5, 5.41) is 0. The van der Waals surface area contributed by atoms with Gasteiger partial charge in [-0.1, -0.05) is 30.3 Å². The van der Waals surface area contributed by atoms with Crippen LogP contribution in [-0.4, -0.2) is 62.9 Å². The zero-order valence-corrected chi connectivity index (χ0v) is 22.3. The van der Waals surface area contributed by atoms with Crippen molar-refractivity contribution in [3.05, 3.63) is 90.1 Å². The van der Waals surface area contributed by atoms with Crippen molar-refractivity contribution in [2.24, 2.45) is 0 Å². The lowest BCUT2D eigenvalue weighted by Crippen LogP contribution is -2.48. The number of ether oxygens (including phenoxy) is 3. The van der Waals surface area contributed by atoms with Gasteiger partial charge in [0.25, 0.3) is 5.91 Å². The largest absolute Gasteiger partial charge is 0.497 e. The fraction of sp³-hybridized carbons (Fsp3) is 0.258. The molecule has 0 unspecified atom stereocenters. The summed E-state index contributed by atoms with van der Waals surface area (Å²) in [5.41, 5.74) is 5.63. The average Bonchev–Trinajstić information content (AvgIpc) is 3.33. The number of hydrogen-bond acceptors (Lipinski definition) is 5. The molecule has 1 aliphatic heterocycles. The van der Waals surface area contributed by atoms with E-state index in [4.69, 9.17) is 14.2 Å². The second-order valence-electron chi connectivity index (χ2n) is 9.25. The second kappa shape index (κ2) is 10.9. The van der Waals surface area contributed by atoms with E-state index < -0.39 is 0 Å². The number of rotatable bonds is 7. The molecule has 0 atom stereocenters. The molecule has 2 heterocycles. The first-order valence-electron chi connectivity index (χ1n) is 12.7. The summed E-state index contributed by atoms with van der Waals surface area (Å²) in [7, 11) is 4.92. The molecule has 196 valence electrons. The lowest BCUT2D eigenvalue weighted by Gasteiger charge is -2.36. The van der Waals surface area contributed by atoms with Crippen LogP contribution in [0.2, 0.25) is 0 Å². The molecule has 1 aliphatic rings. The van der Waals surface area contributed by atoms with E-state index in [0.29, 0.717) is 30.2 Å². The molecule has 1 aromatic heterocycles. The lowest BCUT2D eigenvalue weighted by atomic mass is 10.1. The summed E-state index contributed by atoms with van der Waals surface area (Å²) in [5.74, 6) is 2.19. The molecule has 0 saturated carbocycles. The summed E-state index contributed by atoms with van der Waals surface area (Å²) in [6, 6.07) is 26.1. The highest BCUT2D eigenvalue weighted by Gasteiger charge is 2.27. The van der Waals surface area contributed by atoms with Crippen LogP contribution >= 0.6 is 0 Å². The SMILES string of the molecule is COc1ccc(N2CCN(C(=O)c3cc(-c4ccccc4)n(-c4ccc(OC)c(OC)c4)c3C)CC2)cc1. The van der Waals surface area contributed by atoms with Crippen LogP contribution in [0, 0.1) is 6.92 Å². The first-order valence-corrected chi connectivity index (χ1v) is 12.7. The van der Waals surface area contributed by atoms with E-state index in [-0.39, 0.29) is 5.91 Å². The van der Waals surface area contributed by atoms with Crippen molar-refractivity contribution in [2.75, 3.05) is 52.4 Å². The van der Waals surface area contributed by atoms with Crippen molar-refractivity contribution < 1.29 is 19.0 Å². The number of nitrogens with zero attached hydrogens (tertiary/aromatic N) is 3. The third-order valence-corrected chi connectivity index (χ3v) is 7.18. The number of carbonyl (C=O) groups is 1. The van der Waals surface area contributed by atoms with Gasteiger partial charge in [-0.15, -0.1) is 0 Å². The Bertz CT molecular complexity index is 1410. The van der Waals surface area contributed by atoms with Gasteiger partial charge in [0, 0.05) is 49.3 Å². The molecule has 0 radical (unpaired) electrons. The van der Waals surface area contributed by atoms with Gasteiger partial charge in [-0.25, -0.2) is 0 Å². The molecule has 3 aromatic carbocycles. The Kier molecular flexibility index (Phi) is 7.26. The minimum absolute atomic E-state index is 0.0493. The van der Waals surface area contributed by atoms with Gasteiger partial charge in [0.2, 0.25) is 0 Å². The quantitative estimate of drug-likeness (QED) is 0.331. The Labute approximate surface area is 223 Å². The number of hydrogen-bond donors (Lipinski definition) is 0. The van der Waals surface area contributed by atoms with E-state index in [9.17, 15) is 4.79 Å². The molecule has 0 aliphatic carbocycles. The van der Waals surface area contributed by atoms with Gasteiger partial charge >= 0.3 is 0 Å². The van der Waals surface area contributed by atoms with Crippen LogP contribution in [0.5, 0.6) is 17.2 Å². The van der Waals surface area contributed by atoms with Crippen LogP contribution in [0.15, 0.2) is 78.9 Å². The van der Waals surface area contributed by atoms with E-state index in [0.717, 1.165) is 47.2 Å². The second-order valence-corrected chi connectivity index (χ2v) is 9.25. The van der Waals surface area contributed by atoms with Crippen LogP contribution in [0.25, 0.3) is 16.9 Å². The Hall–Kier alpha value is -4.39. The maximum absolute atomic E-state index is 13.8. The number of carbonyl (C=O) groups excluding carboxylic acids is 1. The molecule has 0 spiro atoms. The number of aromatic nitrogens is 1. The lowest BCUT2D eigenvalue weighted by molar-refractivity contribution is 0.0746. The first kappa shape index (κ1) is 25.3. The molecular weight excluding hydrogens is 478 g/mol. The van der Waals surface area contributed by atoms with E-state index >= 15 is 0 Å². The van der Waals surface area contributed by atoms with E-state index in [2.05, 4.69) is 33.7 Å². The number of benzene rings is 3. The molecule has 1 saturated heterocycles. The first-order chi connectivity index (χ1) is 18.5. The van der Waals surface area contributed by atoms with E-state index in [1.165, 1.54) is 0 Å². The third-order valence-electron chi connectivity index (χ3n) is 7.18. The standard InChI is InChI=1S/C31H33N3O4/c1-22-27(31(35)33-18-16-32(17-19-33)24-10-13-26(36-2)14-11-24)21-28(23-8-6-5-7-9-23)34(22)25-12-15-29(37-3)30(20-25)38-4/h5-15,20-21H,16-19H2,1-4H3. The van der Waals surface area contributed by atoms with Gasteiger partial charge in [-0.2, -0.15) is 0 Å². The van der Waals surface area contributed by atoms with Crippen LogP contribution in [0.4, 0.5) is 5.69 Å². The molecule has 0 bridgehead atoms. The predicted molar refractivity (Wildman–Crippen MR) is 150 cm³/mol. The van der Waals surface area contributed by atoms with Gasteiger partial charge in [0.05, 0.1) is 32.6 Å². The summed E-state index contributed by atoms with van der Waals surface area (Å²) < 4.78 is 18.4. The summed E-state index contributed by atoms with van der Waals surface area (Å²) in [6.07, 6.45) is 0. The molecule has 1 fully saturated rings. The highest BCUT2D eigenvalue weighted by Crippen LogP contribution is 2.35. The fourth-order valence-electron chi connectivity index (χ4n) is 5.07. The third kappa shape index (κ3) is 4.79. The van der Waals surface area contributed by atoms with Gasteiger partial charge < -0.3 is 28.6 Å². The number of anilines is 1. The van der Waals surface area contributed by atoms with Crippen molar-refractivity contribution in [2.45, 2.75) is 6.92 Å². The normalized spacial score (nSPS) is 13.4. The van der Waals surface area contributed by atoms with Gasteiger partial charge in [-0.05, 0) is 55.0 Å². The molecule has 5 rings (SSSR count). The van der Waals surface area contributed by atoms with Crippen LogP contribution < -0.4 is 19.1 Å². The van der Waals surface area contributed by atoms with Crippen LogP contribution in [-0.2, 0) is 0 Å². The minimum atomic E-state index is 0.0493. The Morgan fingerprint density at radius 3 is 2.00 bits per heavy atom. The molecule has 7 heteroatoms. The summed E-state index contributed by atoms with van der Waals surface area (Å²) >= 11 is 0. The Morgan fingerprint density at radius 2 is 1.37 bits per heavy atom. The summed E-state index contributed by atoms with van der Waals surface area (Å²) in [4.78, 5) is 18.1.